The first-order valence-corrected chi connectivity index (χ1v) is 4.69. The molecule has 1 atom stereocenters. The number of rotatable bonds is 2. The molecule has 0 aromatic carbocycles. The predicted molar refractivity (Wildman–Crippen MR) is 48.9 cm³/mol. The topological polar surface area (TPSA) is 38.9 Å². The van der Waals surface area contributed by atoms with E-state index >= 15 is 0 Å². The molecular formula is C8H13FN2S. The van der Waals surface area contributed by atoms with Gasteiger partial charge in [-0.15, -0.1) is 11.3 Å². The maximum absolute atomic E-state index is 13.3. The summed E-state index contributed by atoms with van der Waals surface area (Å²) >= 11 is 1.32. The number of hydrogen-bond acceptors (Lipinski definition) is 3. The van der Waals surface area contributed by atoms with Crippen LogP contribution in [0.15, 0.2) is 5.38 Å². The minimum Gasteiger partial charge on any atom is -0.323 e. The first kappa shape index (κ1) is 9.61. The van der Waals surface area contributed by atoms with Crippen LogP contribution in [0, 0.1) is 0 Å². The molecule has 0 aliphatic heterocycles. The fourth-order valence-electron chi connectivity index (χ4n) is 0.768. The predicted octanol–water partition coefficient (Wildman–Crippen LogP) is 2.37. The lowest BCUT2D eigenvalue weighted by molar-refractivity contribution is 0.220. The zero-order valence-corrected chi connectivity index (χ0v) is 8.28. The van der Waals surface area contributed by atoms with Crippen LogP contribution >= 0.6 is 11.3 Å². The van der Waals surface area contributed by atoms with Crippen molar-refractivity contribution in [2.24, 2.45) is 5.73 Å². The number of aromatic nitrogens is 1. The van der Waals surface area contributed by atoms with Crippen molar-refractivity contribution in [3.05, 3.63) is 16.1 Å². The summed E-state index contributed by atoms with van der Waals surface area (Å²) in [6.45, 7) is 4.83. The summed E-state index contributed by atoms with van der Waals surface area (Å²) in [7, 11) is 0. The van der Waals surface area contributed by atoms with Gasteiger partial charge < -0.3 is 5.73 Å². The van der Waals surface area contributed by atoms with Crippen molar-refractivity contribution in [1.29, 1.82) is 0 Å². The lowest BCUT2D eigenvalue weighted by Gasteiger charge is -2.09. The molecule has 0 aliphatic rings. The third-order valence-corrected chi connectivity index (χ3v) is 2.66. The molecule has 1 rings (SSSR count). The number of alkyl halides is 1. The highest BCUT2D eigenvalue weighted by Gasteiger charge is 2.23. The van der Waals surface area contributed by atoms with E-state index in [4.69, 9.17) is 5.73 Å². The SMILES string of the molecule is CC(N)c1csc(C(C)(C)F)n1. The second-order valence-electron chi connectivity index (χ2n) is 3.34. The van der Waals surface area contributed by atoms with E-state index in [1.807, 2.05) is 6.92 Å². The van der Waals surface area contributed by atoms with Crippen molar-refractivity contribution in [2.75, 3.05) is 0 Å². The molecule has 2 N–H and O–H groups in total. The Bertz CT molecular complexity index is 262. The molecule has 0 saturated carbocycles. The summed E-state index contributed by atoms with van der Waals surface area (Å²) in [6.07, 6.45) is 0. The first-order valence-electron chi connectivity index (χ1n) is 3.81. The van der Waals surface area contributed by atoms with Gasteiger partial charge in [-0.2, -0.15) is 0 Å². The van der Waals surface area contributed by atoms with Crippen LogP contribution in [-0.4, -0.2) is 4.98 Å². The molecule has 2 nitrogen and oxygen atoms in total. The maximum Gasteiger partial charge on any atom is 0.156 e. The molecule has 0 aliphatic carbocycles. The highest BCUT2D eigenvalue weighted by molar-refractivity contribution is 7.09. The number of nitrogens with two attached hydrogens (primary N) is 1. The summed E-state index contributed by atoms with van der Waals surface area (Å²) in [6, 6.07) is -0.114. The molecule has 1 aromatic rings. The van der Waals surface area contributed by atoms with Crippen LogP contribution in [0.3, 0.4) is 0 Å². The van der Waals surface area contributed by atoms with Gasteiger partial charge in [-0.1, -0.05) is 0 Å². The molecule has 1 aromatic heterocycles. The molecule has 0 amide bonds. The summed E-state index contributed by atoms with van der Waals surface area (Å²) < 4.78 is 13.3. The molecule has 1 heterocycles. The summed E-state index contributed by atoms with van der Waals surface area (Å²) in [5, 5.41) is 2.30. The van der Waals surface area contributed by atoms with E-state index < -0.39 is 5.67 Å². The Hall–Kier alpha value is -0.480. The lowest BCUT2D eigenvalue weighted by atomic mass is 10.2. The third-order valence-electron chi connectivity index (χ3n) is 1.50. The van der Waals surface area contributed by atoms with Gasteiger partial charge in [-0.3, -0.25) is 0 Å². The van der Waals surface area contributed by atoms with E-state index in [9.17, 15) is 4.39 Å². The minimum absolute atomic E-state index is 0.114. The zero-order valence-electron chi connectivity index (χ0n) is 7.47. The number of hydrogen-bond donors (Lipinski definition) is 1. The van der Waals surface area contributed by atoms with Gasteiger partial charge in [0.2, 0.25) is 0 Å². The van der Waals surface area contributed by atoms with Crippen molar-refractivity contribution in [3.63, 3.8) is 0 Å². The second-order valence-corrected chi connectivity index (χ2v) is 4.20. The average Bonchev–Trinajstić information content (AvgIpc) is 2.30. The second kappa shape index (κ2) is 3.11. The highest BCUT2D eigenvalue weighted by atomic mass is 32.1. The quantitative estimate of drug-likeness (QED) is 0.773. The molecule has 0 bridgehead atoms. The van der Waals surface area contributed by atoms with E-state index in [1.165, 1.54) is 25.2 Å². The monoisotopic (exact) mass is 188 g/mol. The van der Waals surface area contributed by atoms with Crippen LogP contribution in [0.5, 0.6) is 0 Å². The summed E-state index contributed by atoms with van der Waals surface area (Å²) in [5.41, 5.74) is 5.01. The molecular weight excluding hydrogens is 175 g/mol. The third kappa shape index (κ3) is 2.01. The minimum atomic E-state index is -1.35. The Morgan fingerprint density at radius 2 is 2.25 bits per heavy atom. The number of thiazole rings is 1. The van der Waals surface area contributed by atoms with E-state index in [0.29, 0.717) is 5.01 Å². The van der Waals surface area contributed by atoms with Gasteiger partial charge in [0.05, 0.1) is 5.69 Å². The first-order chi connectivity index (χ1) is 5.41. The molecule has 0 saturated heterocycles. The van der Waals surface area contributed by atoms with Gasteiger partial charge in [0, 0.05) is 11.4 Å². The van der Waals surface area contributed by atoms with Crippen LogP contribution < -0.4 is 5.73 Å². The Balaban J connectivity index is 2.92. The zero-order chi connectivity index (χ0) is 9.35. The Labute approximate surface area is 75.6 Å². The molecule has 4 heteroatoms. The highest BCUT2D eigenvalue weighted by Crippen LogP contribution is 2.28. The fourth-order valence-corrected chi connectivity index (χ4v) is 1.71. The molecule has 12 heavy (non-hydrogen) atoms. The molecule has 0 fully saturated rings. The van der Waals surface area contributed by atoms with E-state index in [2.05, 4.69) is 4.98 Å². The molecule has 1 unspecified atom stereocenters. The summed E-state index contributed by atoms with van der Waals surface area (Å²) in [5.74, 6) is 0. The van der Waals surface area contributed by atoms with Crippen molar-refractivity contribution in [1.82, 2.24) is 4.98 Å². The van der Waals surface area contributed by atoms with Gasteiger partial charge in [-0.25, -0.2) is 9.37 Å². The molecule has 0 radical (unpaired) electrons. The number of halogens is 1. The Kier molecular flexibility index (Phi) is 2.49. The Morgan fingerprint density at radius 3 is 2.50 bits per heavy atom. The van der Waals surface area contributed by atoms with Gasteiger partial charge in [0.15, 0.2) is 5.67 Å². The number of nitrogens with zero attached hydrogens (tertiary/aromatic N) is 1. The van der Waals surface area contributed by atoms with Crippen LogP contribution in [0.25, 0.3) is 0 Å². The smallest absolute Gasteiger partial charge is 0.156 e. The van der Waals surface area contributed by atoms with Gasteiger partial charge in [0.1, 0.15) is 5.01 Å². The van der Waals surface area contributed by atoms with Gasteiger partial charge in [0.25, 0.3) is 0 Å². The van der Waals surface area contributed by atoms with E-state index in [1.54, 1.807) is 5.38 Å². The standard InChI is InChI=1S/C8H13FN2S/c1-5(10)6-4-12-7(11-6)8(2,3)9/h4-5H,10H2,1-3H3. The van der Waals surface area contributed by atoms with Crippen molar-refractivity contribution in [2.45, 2.75) is 32.5 Å². The fraction of sp³-hybridized carbons (Fsp3) is 0.625. The normalized spacial score (nSPS) is 14.8. The van der Waals surface area contributed by atoms with E-state index in [-0.39, 0.29) is 6.04 Å². The maximum atomic E-state index is 13.3. The van der Waals surface area contributed by atoms with Crippen LogP contribution in [0.4, 0.5) is 4.39 Å². The van der Waals surface area contributed by atoms with Crippen molar-refractivity contribution >= 4 is 11.3 Å². The van der Waals surface area contributed by atoms with Gasteiger partial charge >= 0.3 is 0 Å². The largest absolute Gasteiger partial charge is 0.323 e. The van der Waals surface area contributed by atoms with Crippen molar-refractivity contribution in [3.8, 4) is 0 Å². The van der Waals surface area contributed by atoms with Crippen LogP contribution in [0.2, 0.25) is 0 Å². The Morgan fingerprint density at radius 1 is 1.67 bits per heavy atom. The van der Waals surface area contributed by atoms with Crippen LogP contribution in [-0.2, 0) is 5.67 Å². The van der Waals surface area contributed by atoms with E-state index in [0.717, 1.165) is 5.69 Å². The average molecular weight is 188 g/mol. The molecule has 68 valence electrons. The van der Waals surface area contributed by atoms with Crippen LogP contribution in [0.1, 0.15) is 37.5 Å². The molecule has 0 spiro atoms. The lowest BCUT2D eigenvalue weighted by Crippen LogP contribution is -2.10. The van der Waals surface area contributed by atoms with Gasteiger partial charge in [-0.05, 0) is 20.8 Å². The summed E-state index contributed by atoms with van der Waals surface area (Å²) in [4.78, 5) is 4.10. The van der Waals surface area contributed by atoms with Crippen molar-refractivity contribution < 1.29 is 4.39 Å².